The fraction of sp³-hybridized carbons (Fsp3) is 0.562. The number of fused-ring (bicyclic) bond motifs is 1. The third-order valence-electron chi connectivity index (χ3n) is 4.36. The maximum atomic E-state index is 12.5. The predicted molar refractivity (Wildman–Crippen MR) is 82.7 cm³/mol. The number of carbonyl (C=O) groups is 1. The Hall–Kier alpha value is -1.26. The Balaban J connectivity index is 1.59. The molecule has 1 aromatic carbocycles. The minimum Gasteiger partial charge on any atom is -0.481 e. The summed E-state index contributed by atoms with van der Waals surface area (Å²) in [6.07, 6.45) is 1.98. The van der Waals surface area contributed by atoms with Crippen molar-refractivity contribution in [1.82, 2.24) is 9.80 Å². The molecule has 0 radical (unpaired) electrons. The molecule has 114 valence electrons. The Labute approximate surface area is 130 Å². The number of nitrogens with zero attached hydrogens (tertiary/aromatic N) is 2. The van der Waals surface area contributed by atoms with Crippen molar-refractivity contribution in [3.63, 3.8) is 0 Å². The van der Waals surface area contributed by atoms with Crippen molar-refractivity contribution < 1.29 is 9.53 Å². The van der Waals surface area contributed by atoms with E-state index < -0.39 is 6.10 Å². The van der Waals surface area contributed by atoms with E-state index in [1.54, 1.807) is 12.1 Å². The SMILES string of the molecule is CC(Oc1cccc(Cl)c1)C(=O)N1CCN2CCCC2C1. The van der Waals surface area contributed by atoms with Crippen LogP contribution in [0.25, 0.3) is 0 Å². The van der Waals surface area contributed by atoms with Crippen molar-refractivity contribution in [2.45, 2.75) is 31.9 Å². The maximum Gasteiger partial charge on any atom is 0.263 e. The summed E-state index contributed by atoms with van der Waals surface area (Å²) in [6.45, 7) is 5.62. The topological polar surface area (TPSA) is 32.8 Å². The Morgan fingerprint density at radius 2 is 2.24 bits per heavy atom. The molecule has 2 heterocycles. The van der Waals surface area contributed by atoms with E-state index in [0.29, 0.717) is 16.8 Å². The summed E-state index contributed by atoms with van der Waals surface area (Å²) in [4.78, 5) is 17.0. The third-order valence-corrected chi connectivity index (χ3v) is 4.59. The fourth-order valence-corrected chi connectivity index (χ4v) is 3.42. The van der Waals surface area contributed by atoms with Crippen LogP contribution in [0.15, 0.2) is 24.3 Å². The lowest BCUT2D eigenvalue weighted by Crippen LogP contribution is -2.54. The molecule has 1 aromatic rings. The van der Waals surface area contributed by atoms with E-state index in [-0.39, 0.29) is 5.91 Å². The molecule has 2 aliphatic rings. The second-order valence-corrected chi connectivity index (χ2v) is 6.27. The number of benzene rings is 1. The molecule has 0 aromatic heterocycles. The van der Waals surface area contributed by atoms with Gasteiger partial charge in [-0.15, -0.1) is 0 Å². The number of ether oxygens (including phenoxy) is 1. The van der Waals surface area contributed by atoms with Crippen LogP contribution in [-0.4, -0.2) is 54.0 Å². The van der Waals surface area contributed by atoms with E-state index in [2.05, 4.69) is 4.90 Å². The highest BCUT2D eigenvalue weighted by atomic mass is 35.5. The van der Waals surface area contributed by atoms with Gasteiger partial charge in [0, 0.05) is 30.7 Å². The molecule has 0 spiro atoms. The van der Waals surface area contributed by atoms with Gasteiger partial charge in [0.05, 0.1) is 0 Å². The summed E-state index contributed by atoms with van der Waals surface area (Å²) in [7, 11) is 0. The van der Waals surface area contributed by atoms with Crippen molar-refractivity contribution >= 4 is 17.5 Å². The van der Waals surface area contributed by atoms with Crippen LogP contribution in [0.1, 0.15) is 19.8 Å². The van der Waals surface area contributed by atoms with Crippen molar-refractivity contribution in [3.05, 3.63) is 29.3 Å². The highest BCUT2D eigenvalue weighted by Crippen LogP contribution is 2.23. The van der Waals surface area contributed by atoms with Crippen LogP contribution in [0.4, 0.5) is 0 Å². The highest BCUT2D eigenvalue weighted by molar-refractivity contribution is 6.30. The maximum absolute atomic E-state index is 12.5. The standard InChI is InChI=1S/C16H21ClN2O2/c1-12(21-15-6-2-4-13(17)10-15)16(20)19-9-8-18-7-3-5-14(18)11-19/h2,4,6,10,12,14H,3,5,7-9,11H2,1H3. The number of piperazine rings is 1. The zero-order chi connectivity index (χ0) is 14.8. The number of halogens is 1. The van der Waals surface area contributed by atoms with Gasteiger partial charge in [-0.3, -0.25) is 9.69 Å². The molecular formula is C16H21ClN2O2. The average molecular weight is 309 g/mol. The second kappa shape index (κ2) is 6.24. The van der Waals surface area contributed by atoms with Gasteiger partial charge in [0.15, 0.2) is 6.10 Å². The number of hydrogen-bond donors (Lipinski definition) is 0. The summed E-state index contributed by atoms with van der Waals surface area (Å²) < 4.78 is 5.73. The molecule has 2 fully saturated rings. The Morgan fingerprint density at radius 3 is 3.05 bits per heavy atom. The first-order chi connectivity index (χ1) is 10.1. The molecule has 4 nitrogen and oxygen atoms in total. The van der Waals surface area contributed by atoms with Crippen LogP contribution in [0.2, 0.25) is 5.02 Å². The lowest BCUT2D eigenvalue weighted by atomic mass is 10.1. The van der Waals surface area contributed by atoms with E-state index in [0.717, 1.165) is 19.6 Å². The van der Waals surface area contributed by atoms with Crippen LogP contribution in [-0.2, 0) is 4.79 Å². The van der Waals surface area contributed by atoms with Crippen molar-refractivity contribution in [3.8, 4) is 5.75 Å². The minimum absolute atomic E-state index is 0.0709. The van der Waals surface area contributed by atoms with Gasteiger partial charge in [0.2, 0.25) is 0 Å². The summed E-state index contributed by atoms with van der Waals surface area (Å²) in [5.74, 6) is 0.712. The number of rotatable bonds is 3. The lowest BCUT2D eigenvalue weighted by Gasteiger charge is -2.38. The van der Waals surface area contributed by atoms with Gasteiger partial charge in [-0.1, -0.05) is 17.7 Å². The van der Waals surface area contributed by atoms with Crippen LogP contribution < -0.4 is 4.74 Å². The van der Waals surface area contributed by atoms with E-state index in [9.17, 15) is 4.79 Å². The van der Waals surface area contributed by atoms with E-state index in [1.165, 1.54) is 19.4 Å². The number of amides is 1. The van der Waals surface area contributed by atoms with Gasteiger partial charge < -0.3 is 9.64 Å². The van der Waals surface area contributed by atoms with Gasteiger partial charge in [-0.05, 0) is 44.5 Å². The van der Waals surface area contributed by atoms with Gasteiger partial charge in [-0.25, -0.2) is 0 Å². The molecule has 3 rings (SSSR count). The zero-order valence-electron chi connectivity index (χ0n) is 12.3. The van der Waals surface area contributed by atoms with Crippen LogP contribution in [0.5, 0.6) is 5.75 Å². The monoisotopic (exact) mass is 308 g/mol. The molecule has 2 aliphatic heterocycles. The molecule has 0 aliphatic carbocycles. The normalized spacial score (nSPS) is 23.7. The Kier molecular flexibility index (Phi) is 4.36. The summed E-state index contributed by atoms with van der Waals surface area (Å²) in [5.41, 5.74) is 0. The minimum atomic E-state index is -0.476. The molecule has 0 saturated carbocycles. The highest BCUT2D eigenvalue weighted by Gasteiger charge is 2.34. The van der Waals surface area contributed by atoms with Gasteiger partial charge in [0.25, 0.3) is 5.91 Å². The predicted octanol–water partition coefficient (Wildman–Crippen LogP) is 2.41. The number of carbonyl (C=O) groups excluding carboxylic acids is 1. The molecule has 0 N–H and O–H groups in total. The fourth-order valence-electron chi connectivity index (χ4n) is 3.24. The van der Waals surface area contributed by atoms with Gasteiger partial charge in [-0.2, -0.15) is 0 Å². The molecule has 2 saturated heterocycles. The summed E-state index contributed by atoms with van der Waals surface area (Å²) in [5, 5.41) is 0.617. The summed E-state index contributed by atoms with van der Waals surface area (Å²) in [6, 6.07) is 7.72. The average Bonchev–Trinajstić information content (AvgIpc) is 2.93. The second-order valence-electron chi connectivity index (χ2n) is 5.83. The third kappa shape index (κ3) is 3.33. The van der Waals surface area contributed by atoms with Crippen LogP contribution in [0, 0.1) is 0 Å². The van der Waals surface area contributed by atoms with Crippen molar-refractivity contribution in [1.29, 1.82) is 0 Å². The smallest absolute Gasteiger partial charge is 0.263 e. The molecule has 1 amide bonds. The largest absolute Gasteiger partial charge is 0.481 e. The summed E-state index contributed by atoms with van der Waals surface area (Å²) >= 11 is 5.94. The molecule has 21 heavy (non-hydrogen) atoms. The van der Waals surface area contributed by atoms with Crippen LogP contribution >= 0.6 is 11.6 Å². The van der Waals surface area contributed by atoms with Crippen LogP contribution in [0.3, 0.4) is 0 Å². The Morgan fingerprint density at radius 1 is 1.38 bits per heavy atom. The quantitative estimate of drug-likeness (QED) is 0.859. The Bertz CT molecular complexity index is 523. The van der Waals surface area contributed by atoms with E-state index >= 15 is 0 Å². The first-order valence-electron chi connectivity index (χ1n) is 7.58. The van der Waals surface area contributed by atoms with E-state index in [1.807, 2.05) is 24.0 Å². The molecule has 0 bridgehead atoms. The van der Waals surface area contributed by atoms with Crippen molar-refractivity contribution in [2.75, 3.05) is 26.2 Å². The van der Waals surface area contributed by atoms with Gasteiger partial charge in [0.1, 0.15) is 5.75 Å². The first-order valence-corrected chi connectivity index (χ1v) is 7.96. The van der Waals surface area contributed by atoms with Crippen molar-refractivity contribution in [2.24, 2.45) is 0 Å². The first kappa shape index (κ1) is 14.7. The molecular weight excluding hydrogens is 288 g/mol. The number of hydrogen-bond acceptors (Lipinski definition) is 3. The molecule has 5 heteroatoms. The molecule has 2 atom stereocenters. The van der Waals surface area contributed by atoms with E-state index in [4.69, 9.17) is 16.3 Å². The zero-order valence-corrected chi connectivity index (χ0v) is 13.1. The van der Waals surface area contributed by atoms with Gasteiger partial charge >= 0.3 is 0 Å². The molecule has 2 unspecified atom stereocenters. The lowest BCUT2D eigenvalue weighted by molar-refractivity contribution is -0.140.